The van der Waals surface area contributed by atoms with Crippen molar-refractivity contribution in [3.63, 3.8) is 0 Å². The van der Waals surface area contributed by atoms with Gasteiger partial charge >= 0.3 is 0 Å². The van der Waals surface area contributed by atoms with Gasteiger partial charge in [0, 0.05) is 6.54 Å². The number of furan rings is 1. The molecule has 2 heterocycles. The molecule has 0 unspecified atom stereocenters. The average molecular weight is 259 g/mol. The largest absolute Gasteiger partial charge is 0.459 e. The second-order valence-electron chi connectivity index (χ2n) is 4.64. The van der Waals surface area contributed by atoms with Crippen LogP contribution in [0.3, 0.4) is 0 Å². The zero-order valence-electron chi connectivity index (χ0n) is 11.0. The van der Waals surface area contributed by atoms with Crippen LogP contribution in [-0.2, 0) is 0 Å². The molecular weight excluding hydrogens is 242 g/mol. The second-order valence-corrected chi connectivity index (χ2v) is 4.64. The molecular formula is C14H17N3O2. The normalized spacial score (nSPS) is 10.5. The van der Waals surface area contributed by atoms with Gasteiger partial charge in [0.05, 0.1) is 18.1 Å². The molecule has 5 nitrogen and oxygen atoms in total. The zero-order valence-corrected chi connectivity index (χ0v) is 11.0. The lowest BCUT2D eigenvalue weighted by atomic mass is 10.2. The average Bonchev–Trinajstić information content (AvgIpc) is 2.92. The summed E-state index contributed by atoms with van der Waals surface area (Å²) in [5.41, 5.74) is 0.636. The van der Waals surface area contributed by atoms with Gasteiger partial charge in [0.25, 0.3) is 5.91 Å². The molecule has 0 radical (unpaired) electrons. The molecule has 2 N–H and O–H groups in total. The summed E-state index contributed by atoms with van der Waals surface area (Å²) in [6.45, 7) is 5.13. The third-order valence-electron chi connectivity index (χ3n) is 2.46. The number of amides is 1. The lowest BCUT2D eigenvalue weighted by molar-refractivity contribution is 0.0996. The van der Waals surface area contributed by atoms with Gasteiger partial charge in [-0.3, -0.25) is 4.79 Å². The molecule has 0 atom stereocenters. The molecule has 0 spiro atoms. The SMILES string of the molecule is CC(C)CNc1ccc(NC(=O)c2ccco2)cn1. The number of carbonyl (C=O) groups excluding carboxylic acids is 1. The quantitative estimate of drug-likeness (QED) is 0.866. The fourth-order valence-corrected chi connectivity index (χ4v) is 1.48. The topological polar surface area (TPSA) is 67.2 Å². The van der Waals surface area contributed by atoms with E-state index >= 15 is 0 Å². The Labute approximate surface area is 112 Å². The minimum Gasteiger partial charge on any atom is -0.459 e. The maximum atomic E-state index is 11.7. The van der Waals surface area contributed by atoms with Crippen LogP contribution in [0.2, 0.25) is 0 Å². The molecule has 2 aromatic rings. The predicted octanol–water partition coefficient (Wildman–Crippen LogP) is 2.99. The molecule has 0 aliphatic carbocycles. The van der Waals surface area contributed by atoms with Gasteiger partial charge in [-0.15, -0.1) is 0 Å². The van der Waals surface area contributed by atoms with E-state index in [1.807, 2.05) is 6.07 Å². The van der Waals surface area contributed by atoms with Crippen LogP contribution in [0, 0.1) is 5.92 Å². The summed E-state index contributed by atoms with van der Waals surface area (Å²) in [6.07, 6.45) is 3.08. The van der Waals surface area contributed by atoms with Crippen LogP contribution in [-0.4, -0.2) is 17.4 Å². The van der Waals surface area contributed by atoms with Crippen LogP contribution < -0.4 is 10.6 Å². The highest BCUT2D eigenvalue weighted by Crippen LogP contribution is 2.12. The van der Waals surface area contributed by atoms with Crippen LogP contribution >= 0.6 is 0 Å². The summed E-state index contributed by atoms with van der Waals surface area (Å²) in [4.78, 5) is 16.0. The van der Waals surface area contributed by atoms with Crippen molar-refractivity contribution in [2.45, 2.75) is 13.8 Å². The number of hydrogen-bond acceptors (Lipinski definition) is 4. The summed E-state index contributed by atoms with van der Waals surface area (Å²) in [7, 11) is 0. The molecule has 0 aromatic carbocycles. The Morgan fingerprint density at radius 1 is 1.37 bits per heavy atom. The first-order valence-electron chi connectivity index (χ1n) is 6.20. The van der Waals surface area contributed by atoms with Crippen LogP contribution in [0.4, 0.5) is 11.5 Å². The van der Waals surface area contributed by atoms with E-state index in [2.05, 4.69) is 29.5 Å². The first-order valence-corrected chi connectivity index (χ1v) is 6.20. The molecule has 1 amide bonds. The number of anilines is 2. The molecule has 0 bridgehead atoms. The molecule has 2 rings (SSSR count). The predicted molar refractivity (Wildman–Crippen MR) is 74.2 cm³/mol. The van der Waals surface area contributed by atoms with E-state index in [0.29, 0.717) is 11.6 Å². The van der Waals surface area contributed by atoms with E-state index in [1.165, 1.54) is 6.26 Å². The number of rotatable bonds is 5. The van der Waals surface area contributed by atoms with Crippen LogP contribution in [0.1, 0.15) is 24.4 Å². The van der Waals surface area contributed by atoms with Gasteiger partial charge in [-0.25, -0.2) is 4.98 Å². The van der Waals surface area contributed by atoms with Gasteiger partial charge < -0.3 is 15.1 Å². The second kappa shape index (κ2) is 6.04. The molecule has 0 saturated heterocycles. The third-order valence-corrected chi connectivity index (χ3v) is 2.46. The van der Waals surface area contributed by atoms with Gasteiger partial charge in [-0.1, -0.05) is 13.8 Å². The van der Waals surface area contributed by atoms with Crippen molar-refractivity contribution in [2.75, 3.05) is 17.2 Å². The van der Waals surface area contributed by atoms with Crippen molar-refractivity contribution in [3.8, 4) is 0 Å². The molecule has 19 heavy (non-hydrogen) atoms. The van der Waals surface area contributed by atoms with E-state index in [0.717, 1.165) is 12.4 Å². The molecule has 2 aromatic heterocycles. The highest BCUT2D eigenvalue weighted by Gasteiger charge is 2.08. The lowest BCUT2D eigenvalue weighted by Crippen LogP contribution is -2.12. The summed E-state index contributed by atoms with van der Waals surface area (Å²) >= 11 is 0. The van der Waals surface area contributed by atoms with Crippen LogP contribution in [0.15, 0.2) is 41.1 Å². The molecule has 0 saturated carbocycles. The van der Waals surface area contributed by atoms with E-state index in [4.69, 9.17) is 4.42 Å². The van der Waals surface area contributed by atoms with E-state index < -0.39 is 0 Å². The Morgan fingerprint density at radius 3 is 2.79 bits per heavy atom. The van der Waals surface area contributed by atoms with E-state index in [1.54, 1.807) is 24.4 Å². The Kier molecular flexibility index (Phi) is 4.18. The van der Waals surface area contributed by atoms with Crippen molar-refractivity contribution in [1.29, 1.82) is 0 Å². The highest BCUT2D eigenvalue weighted by molar-refractivity contribution is 6.02. The van der Waals surface area contributed by atoms with E-state index in [9.17, 15) is 4.79 Å². The van der Waals surface area contributed by atoms with Gasteiger partial charge in [-0.2, -0.15) is 0 Å². The van der Waals surface area contributed by atoms with Gasteiger partial charge in [0.1, 0.15) is 5.82 Å². The fourth-order valence-electron chi connectivity index (χ4n) is 1.48. The monoisotopic (exact) mass is 259 g/mol. The Bertz CT molecular complexity index is 518. The van der Waals surface area contributed by atoms with Gasteiger partial charge in [0.2, 0.25) is 0 Å². The van der Waals surface area contributed by atoms with Crippen molar-refractivity contribution in [3.05, 3.63) is 42.5 Å². The van der Waals surface area contributed by atoms with Gasteiger partial charge in [0.15, 0.2) is 5.76 Å². The highest BCUT2D eigenvalue weighted by atomic mass is 16.3. The minimum atomic E-state index is -0.283. The van der Waals surface area contributed by atoms with Crippen molar-refractivity contribution in [1.82, 2.24) is 4.98 Å². The first kappa shape index (κ1) is 13.1. The number of carbonyl (C=O) groups is 1. The number of aromatic nitrogens is 1. The Morgan fingerprint density at radius 2 is 2.21 bits per heavy atom. The first-order chi connectivity index (χ1) is 9.15. The van der Waals surface area contributed by atoms with Crippen LogP contribution in [0.25, 0.3) is 0 Å². The summed E-state index contributed by atoms with van der Waals surface area (Å²) in [6, 6.07) is 6.92. The Balaban J connectivity index is 1.93. The minimum absolute atomic E-state index is 0.280. The smallest absolute Gasteiger partial charge is 0.291 e. The summed E-state index contributed by atoms with van der Waals surface area (Å²) in [5.74, 6) is 1.35. The molecule has 0 fully saturated rings. The number of nitrogens with one attached hydrogen (secondary N) is 2. The van der Waals surface area contributed by atoms with Gasteiger partial charge in [-0.05, 0) is 30.2 Å². The van der Waals surface area contributed by atoms with E-state index in [-0.39, 0.29) is 11.7 Å². The Hall–Kier alpha value is -2.30. The third kappa shape index (κ3) is 3.84. The number of pyridine rings is 1. The molecule has 5 heteroatoms. The summed E-state index contributed by atoms with van der Waals surface area (Å²) in [5, 5.41) is 5.92. The maximum absolute atomic E-state index is 11.7. The fraction of sp³-hybridized carbons (Fsp3) is 0.286. The zero-order chi connectivity index (χ0) is 13.7. The maximum Gasteiger partial charge on any atom is 0.291 e. The summed E-state index contributed by atoms with van der Waals surface area (Å²) < 4.78 is 5.01. The van der Waals surface area contributed by atoms with Crippen molar-refractivity contribution < 1.29 is 9.21 Å². The molecule has 0 aliphatic heterocycles. The molecule has 100 valence electrons. The lowest BCUT2D eigenvalue weighted by Gasteiger charge is -2.08. The van der Waals surface area contributed by atoms with Crippen molar-refractivity contribution >= 4 is 17.4 Å². The van der Waals surface area contributed by atoms with Crippen molar-refractivity contribution in [2.24, 2.45) is 5.92 Å². The van der Waals surface area contributed by atoms with Crippen LogP contribution in [0.5, 0.6) is 0 Å². The standard InChI is InChI=1S/C14H17N3O2/c1-10(2)8-15-13-6-5-11(9-16-13)17-14(18)12-4-3-7-19-12/h3-7,9-10H,8H2,1-2H3,(H,15,16)(H,17,18). The number of hydrogen-bond donors (Lipinski definition) is 2. The molecule has 0 aliphatic rings. The number of nitrogens with zero attached hydrogens (tertiary/aromatic N) is 1.